The summed E-state index contributed by atoms with van der Waals surface area (Å²) in [6.07, 6.45) is 17.3. The summed E-state index contributed by atoms with van der Waals surface area (Å²) < 4.78 is 0. The number of likely N-dealkylation sites (tertiary alicyclic amines) is 1. The zero-order valence-corrected chi connectivity index (χ0v) is 18.9. The van der Waals surface area contributed by atoms with Crippen LogP contribution < -0.4 is 5.32 Å². The predicted octanol–water partition coefficient (Wildman–Crippen LogP) is 5.29. The molecule has 1 aliphatic heterocycles. The lowest BCUT2D eigenvalue weighted by molar-refractivity contribution is -0.122. The molecule has 0 bridgehead atoms. The topological polar surface area (TPSA) is 52.6 Å². The van der Waals surface area contributed by atoms with Crippen molar-refractivity contribution in [2.75, 3.05) is 26.2 Å². The van der Waals surface area contributed by atoms with Gasteiger partial charge in [-0.3, -0.25) is 4.79 Å². The minimum absolute atomic E-state index is 0.145. The van der Waals surface area contributed by atoms with E-state index in [9.17, 15) is 9.90 Å². The Morgan fingerprint density at radius 2 is 1.61 bits per heavy atom. The van der Waals surface area contributed by atoms with Gasteiger partial charge in [-0.25, -0.2) is 0 Å². The number of hydrogen-bond acceptors (Lipinski definition) is 3. The molecule has 1 fully saturated rings. The lowest BCUT2D eigenvalue weighted by Gasteiger charge is -2.20. The van der Waals surface area contributed by atoms with Gasteiger partial charge in [0.05, 0.1) is 6.10 Å². The molecule has 1 aliphatic rings. The van der Waals surface area contributed by atoms with E-state index in [4.69, 9.17) is 0 Å². The van der Waals surface area contributed by atoms with E-state index < -0.39 is 0 Å². The molecular formula is C24H48N2O2. The van der Waals surface area contributed by atoms with E-state index >= 15 is 0 Å². The van der Waals surface area contributed by atoms with Crippen molar-refractivity contribution in [3.63, 3.8) is 0 Å². The van der Waals surface area contributed by atoms with E-state index in [0.29, 0.717) is 6.42 Å². The average Bonchev–Trinajstić information content (AvgIpc) is 2.93. The Morgan fingerprint density at radius 1 is 0.964 bits per heavy atom. The average molecular weight is 397 g/mol. The Bertz CT molecular complexity index is 368. The Kier molecular flexibility index (Phi) is 15.7. The quantitative estimate of drug-likeness (QED) is 0.349. The number of hydrogen-bond donors (Lipinski definition) is 2. The number of aliphatic hydroxyl groups excluding tert-OH is 1. The summed E-state index contributed by atoms with van der Waals surface area (Å²) in [5.41, 5.74) is 0. The summed E-state index contributed by atoms with van der Waals surface area (Å²) in [4.78, 5) is 14.7. The van der Waals surface area contributed by atoms with Gasteiger partial charge in [0.2, 0.25) is 5.91 Å². The summed E-state index contributed by atoms with van der Waals surface area (Å²) >= 11 is 0. The number of nitrogens with zero attached hydrogens (tertiary/aromatic N) is 1. The van der Waals surface area contributed by atoms with Crippen molar-refractivity contribution in [1.82, 2.24) is 10.2 Å². The first-order valence-electron chi connectivity index (χ1n) is 12.3. The van der Waals surface area contributed by atoms with Crippen molar-refractivity contribution in [2.24, 2.45) is 5.92 Å². The number of carbonyl (C=O) groups excluding carboxylic acids is 1. The molecular weight excluding hydrogens is 348 g/mol. The maximum absolute atomic E-state index is 12.1. The summed E-state index contributed by atoms with van der Waals surface area (Å²) in [6.45, 7) is 8.66. The molecule has 0 aromatic carbocycles. The summed E-state index contributed by atoms with van der Waals surface area (Å²) in [5, 5.41) is 13.3. The monoisotopic (exact) mass is 396 g/mol. The molecule has 1 rings (SSSR count). The zero-order valence-electron chi connectivity index (χ0n) is 18.9. The van der Waals surface area contributed by atoms with Crippen LogP contribution in [0, 0.1) is 5.92 Å². The number of rotatable bonds is 16. The van der Waals surface area contributed by atoms with Crippen molar-refractivity contribution in [1.29, 1.82) is 0 Å². The fourth-order valence-corrected chi connectivity index (χ4v) is 4.28. The highest BCUT2D eigenvalue weighted by Crippen LogP contribution is 2.16. The van der Waals surface area contributed by atoms with Crippen LogP contribution in [0.3, 0.4) is 0 Å². The first-order chi connectivity index (χ1) is 13.6. The summed E-state index contributed by atoms with van der Waals surface area (Å²) in [7, 11) is 0. The van der Waals surface area contributed by atoms with Crippen molar-refractivity contribution < 1.29 is 9.90 Å². The molecule has 2 atom stereocenters. The van der Waals surface area contributed by atoms with Crippen LogP contribution in [0.1, 0.15) is 110 Å². The Labute approximate surface area is 174 Å². The maximum Gasteiger partial charge on any atom is 0.220 e. The fourth-order valence-electron chi connectivity index (χ4n) is 4.28. The van der Waals surface area contributed by atoms with Crippen LogP contribution in [0.5, 0.6) is 0 Å². The van der Waals surface area contributed by atoms with Crippen LogP contribution in [-0.4, -0.2) is 48.2 Å². The Balaban J connectivity index is 1.98. The van der Waals surface area contributed by atoms with E-state index in [1.165, 1.54) is 77.3 Å². The molecule has 4 heteroatoms. The highest BCUT2D eigenvalue weighted by molar-refractivity contribution is 5.76. The minimum atomic E-state index is -0.249. The molecule has 0 radical (unpaired) electrons. The third kappa shape index (κ3) is 14.4. The number of aliphatic hydroxyl groups is 1. The van der Waals surface area contributed by atoms with Crippen LogP contribution in [-0.2, 0) is 4.79 Å². The van der Waals surface area contributed by atoms with Gasteiger partial charge < -0.3 is 15.3 Å². The van der Waals surface area contributed by atoms with Gasteiger partial charge in [-0.2, -0.15) is 0 Å². The van der Waals surface area contributed by atoms with E-state index in [2.05, 4.69) is 24.1 Å². The predicted molar refractivity (Wildman–Crippen MR) is 120 cm³/mol. The molecule has 2 unspecified atom stereocenters. The Hall–Kier alpha value is -0.610. The van der Waals surface area contributed by atoms with E-state index in [1.54, 1.807) is 0 Å². The van der Waals surface area contributed by atoms with Gasteiger partial charge in [0.15, 0.2) is 0 Å². The van der Waals surface area contributed by atoms with Gasteiger partial charge in [0.25, 0.3) is 0 Å². The van der Waals surface area contributed by atoms with Gasteiger partial charge in [0, 0.05) is 13.0 Å². The van der Waals surface area contributed by atoms with Crippen LogP contribution in [0.2, 0.25) is 0 Å². The highest BCUT2D eigenvalue weighted by atomic mass is 16.3. The molecule has 4 nitrogen and oxygen atoms in total. The lowest BCUT2D eigenvalue weighted by Crippen LogP contribution is -2.31. The molecule has 166 valence electrons. The van der Waals surface area contributed by atoms with Gasteiger partial charge in [-0.05, 0) is 57.7 Å². The minimum Gasteiger partial charge on any atom is -0.393 e. The first-order valence-corrected chi connectivity index (χ1v) is 12.3. The van der Waals surface area contributed by atoms with Gasteiger partial charge in [-0.1, -0.05) is 71.6 Å². The van der Waals surface area contributed by atoms with Gasteiger partial charge >= 0.3 is 0 Å². The maximum atomic E-state index is 12.1. The first kappa shape index (κ1) is 25.4. The molecule has 2 N–H and O–H groups in total. The molecule has 0 saturated carbocycles. The summed E-state index contributed by atoms with van der Waals surface area (Å²) in [5.74, 6) is 0.400. The third-order valence-corrected chi connectivity index (χ3v) is 6.02. The van der Waals surface area contributed by atoms with Crippen molar-refractivity contribution >= 4 is 5.91 Å². The highest BCUT2D eigenvalue weighted by Gasteiger charge is 2.14. The van der Waals surface area contributed by atoms with Crippen LogP contribution in [0.4, 0.5) is 0 Å². The third-order valence-electron chi connectivity index (χ3n) is 6.02. The molecule has 1 heterocycles. The molecule has 0 aliphatic carbocycles. The van der Waals surface area contributed by atoms with Crippen LogP contribution in [0.15, 0.2) is 0 Å². The standard InChI is InChI=1S/C24H48N2O2/c1-3-4-5-6-7-8-11-15-23(27)20-22(2)21-24(28)25-16-14-19-26-17-12-9-10-13-18-26/h22-23,27H,3-21H2,1-2H3,(H,25,28). The molecule has 28 heavy (non-hydrogen) atoms. The lowest BCUT2D eigenvalue weighted by atomic mass is 9.96. The van der Waals surface area contributed by atoms with E-state index in [-0.39, 0.29) is 17.9 Å². The van der Waals surface area contributed by atoms with Crippen molar-refractivity contribution in [3.05, 3.63) is 0 Å². The smallest absolute Gasteiger partial charge is 0.220 e. The zero-order chi connectivity index (χ0) is 20.5. The molecule has 0 aromatic rings. The van der Waals surface area contributed by atoms with E-state index in [1.807, 2.05) is 0 Å². The normalized spacial score (nSPS) is 17.8. The largest absolute Gasteiger partial charge is 0.393 e. The van der Waals surface area contributed by atoms with E-state index in [0.717, 1.165) is 38.8 Å². The number of unbranched alkanes of at least 4 members (excludes halogenated alkanes) is 6. The van der Waals surface area contributed by atoms with Gasteiger partial charge in [-0.15, -0.1) is 0 Å². The van der Waals surface area contributed by atoms with Crippen LogP contribution in [0.25, 0.3) is 0 Å². The molecule has 1 saturated heterocycles. The second kappa shape index (κ2) is 17.3. The molecule has 1 amide bonds. The number of carbonyl (C=O) groups is 1. The van der Waals surface area contributed by atoms with Crippen LogP contribution >= 0.6 is 0 Å². The second-order valence-corrected chi connectivity index (χ2v) is 9.07. The second-order valence-electron chi connectivity index (χ2n) is 9.07. The van der Waals surface area contributed by atoms with Crippen molar-refractivity contribution in [2.45, 2.75) is 116 Å². The van der Waals surface area contributed by atoms with Gasteiger partial charge in [0.1, 0.15) is 0 Å². The number of nitrogens with one attached hydrogen (secondary N) is 1. The summed E-state index contributed by atoms with van der Waals surface area (Å²) in [6, 6.07) is 0. The SMILES string of the molecule is CCCCCCCCCC(O)CC(C)CC(=O)NCCCN1CCCCCC1. The van der Waals surface area contributed by atoms with Crippen molar-refractivity contribution in [3.8, 4) is 0 Å². The fraction of sp³-hybridized carbons (Fsp3) is 0.958. The Morgan fingerprint density at radius 3 is 2.29 bits per heavy atom. The molecule has 0 spiro atoms. The number of amides is 1. The molecule has 0 aromatic heterocycles.